The molecule has 1 aromatic rings. The van der Waals surface area contributed by atoms with Gasteiger partial charge in [-0.3, -0.25) is 0 Å². The van der Waals surface area contributed by atoms with E-state index < -0.39 is 10.0 Å². The van der Waals surface area contributed by atoms with Crippen LogP contribution in [0.25, 0.3) is 0 Å². The molecular formula is C11H22N4O2S. The third kappa shape index (κ3) is 4.08. The molecule has 1 aromatic heterocycles. The van der Waals surface area contributed by atoms with Gasteiger partial charge >= 0.3 is 0 Å². The van der Waals surface area contributed by atoms with Crippen molar-refractivity contribution in [1.29, 1.82) is 0 Å². The first-order chi connectivity index (χ1) is 8.36. The second-order valence-corrected chi connectivity index (χ2v) is 6.13. The molecule has 0 radical (unpaired) electrons. The third-order valence-corrected chi connectivity index (χ3v) is 3.87. The van der Waals surface area contributed by atoms with Gasteiger partial charge in [-0.25, -0.2) is 18.1 Å². The van der Waals surface area contributed by atoms with Gasteiger partial charge in [0.25, 0.3) is 10.0 Å². The molecule has 2 N–H and O–H groups in total. The smallest absolute Gasteiger partial charge is 0.259 e. The average molecular weight is 274 g/mol. The van der Waals surface area contributed by atoms with E-state index in [1.165, 1.54) is 0 Å². The van der Waals surface area contributed by atoms with E-state index in [0.29, 0.717) is 31.5 Å². The maximum absolute atomic E-state index is 11.9. The van der Waals surface area contributed by atoms with Gasteiger partial charge in [-0.2, -0.15) is 0 Å². The van der Waals surface area contributed by atoms with E-state index in [1.54, 1.807) is 17.7 Å². The van der Waals surface area contributed by atoms with Crippen LogP contribution < -0.4 is 10.0 Å². The molecule has 0 amide bonds. The molecule has 0 unspecified atom stereocenters. The van der Waals surface area contributed by atoms with Crippen molar-refractivity contribution in [2.24, 2.45) is 0 Å². The number of imidazole rings is 1. The zero-order chi connectivity index (χ0) is 13.8. The molecule has 18 heavy (non-hydrogen) atoms. The zero-order valence-electron chi connectivity index (χ0n) is 11.4. The Labute approximate surface area is 109 Å². The molecule has 0 bridgehead atoms. The Morgan fingerprint density at radius 2 is 2.06 bits per heavy atom. The first-order valence-electron chi connectivity index (χ1n) is 6.13. The maximum Gasteiger partial charge on any atom is 0.259 e. The number of aromatic nitrogens is 2. The summed E-state index contributed by atoms with van der Waals surface area (Å²) in [4.78, 5) is 4.06. The van der Waals surface area contributed by atoms with E-state index in [1.807, 2.05) is 20.8 Å². The van der Waals surface area contributed by atoms with Crippen molar-refractivity contribution >= 4 is 10.0 Å². The van der Waals surface area contributed by atoms with Crippen molar-refractivity contribution in [1.82, 2.24) is 19.6 Å². The molecule has 6 nitrogen and oxygen atoms in total. The fourth-order valence-electron chi connectivity index (χ4n) is 1.55. The quantitative estimate of drug-likeness (QED) is 0.709. The van der Waals surface area contributed by atoms with Crippen LogP contribution in [0.3, 0.4) is 0 Å². The summed E-state index contributed by atoms with van der Waals surface area (Å²) in [5.74, 6) is 0.707. The predicted octanol–water partition coefficient (Wildman–Crippen LogP) is 0.488. The average Bonchev–Trinajstić information content (AvgIpc) is 2.66. The summed E-state index contributed by atoms with van der Waals surface area (Å²) in [6, 6.07) is 0.344. The van der Waals surface area contributed by atoms with Gasteiger partial charge < -0.3 is 9.88 Å². The second-order valence-electron chi connectivity index (χ2n) is 4.42. The number of aryl methyl sites for hydroxylation is 2. The van der Waals surface area contributed by atoms with Gasteiger partial charge in [0.1, 0.15) is 5.82 Å². The number of sulfonamides is 1. The van der Waals surface area contributed by atoms with Crippen molar-refractivity contribution in [2.75, 3.05) is 13.1 Å². The van der Waals surface area contributed by atoms with Crippen LogP contribution in [0.1, 0.15) is 26.6 Å². The summed E-state index contributed by atoms with van der Waals surface area (Å²) in [5.41, 5.74) is 0. The number of nitrogens with one attached hydrogen (secondary N) is 2. The molecule has 1 rings (SSSR count). The molecule has 0 saturated carbocycles. The van der Waals surface area contributed by atoms with Crippen molar-refractivity contribution < 1.29 is 8.42 Å². The van der Waals surface area contributed by atoms with E-state index in [4.69, 9.17) is 0 Å². The van der Waals surface area contributed by atoms with Gasteiger partial charge in [0.05, 0.1) is 0 Å². The van der Waals surface area contributed by atoms with E-state index >= 15 is 0 Å². The summed E-state index contributed by atoms with van der Waals surface area (Å²) in [5, 5.41) is 3.23. The van der Waals surface area contributed by atoms with Gasteiger partial charge in [0, 0.05) is 31.9 Å². The minimum Gasteiger partial charge on any atom is -0.334 e. The Morgan fingerprint density at radius 1 is 1.39 bits per heavy atom. The van der Waals surface area contributed by atoms with Crippen LogP contribution in [0.4, 0.5) is 0 Å². The van der Waals surface area contributed by atoms with Crippen LogP contribution in [-0.4, -0.2) is 37.1 Å². The molecule has 104 valence electrons. The fourth-order valence-corrected chi connectivity index (χ4v) is 2.59. The molecule has 7 heteroatoms. The molecule has 0 spiro atoms. The monoisotopic (exact) mass is 274 g/mol. The molecule has 0 saturated heterocycles. The number of nitrogens with zero attached hydrogens (tertiary/aromatic N) is 2. The summed E-state index contributed by atoms with van der Waals surface area (Å²) in [6.07, 6.45) is 1.56. The summed E-state index contributed by atoms with van der Waals surface area (Å²) >= 11 is 0. The first-order valence-corrected chi connectivity index (χ1v) is 7.62. The second kappa shape index (κ2) is 6.31. The summed E-state index contributed by atoms with van der Waals surface area (Å²) in [6.45, 7) is 9.45. The van der Waals surface area contributed by atoms with Crippen molar-refractivity contribution in [2.45, 2.75) is 45.3 Å². The largest absolute Gasteiger partial charge is 0.334 e. The van der Waals surface area contributed by atoms with E-state index in [9.17, 15) is 8.42 Å². The Kier molecular flexibility index (Phi) is 5.30. The Morgan fingerprint density at radius 3 is 2.56 bits per heavy atom. The van der Waals surface area contributed by atoms with Crippen LogP contribution in [0.5, 0.6) is 0 Å². The molecule has 0 aliphatic carbocycles. The standard InChI is InChI=1S/C11H22N4O2S/c1-5-15-8-11(14-10(15)4)18(16,17)13-7-6-12-9(2)3/h8-9,12-13H,5-7H2,1-4H3. The lowest BCUT2D eigenvalue weighted by atomic mass is 10.4. The van der Waals surface area contributed by atoms with Crippen LogP contribution in [0.15, 0.2) is 11.2 Å². The Bertz CT molecular complexity index is 479. The lowest BCUT2D eigenvalue weighted by Gasteiger charge is -2.08. The first kappa shape index (κ1) is 15.1. The van der Waals surface area contributed by atoms with Crippen LogP contribution in [-0.2, 0) is 16.6 Å². The van der Waals surface area contributed by atoms with Gasteiger partial charge in [-0.15, -0.1) is 0 Å². The van der Waals surface area contributed by atoms with Gasteiger partial charge in [0.2, 0.25) is 0 Å². The molecule has 0 aliphatic heterocycles. The highest BCUT2D eigenvalue weighted by molar-refractivity contribution is 7.89. The van der Waals surface area contributed by atoms with Crippen molar-refractivity contribution in [3.8, 4) is 0 Å². The topological polar surface area (TPSA) is 76.0 Å². The number of rotatable bonds is 7. The van der Waals surface area contributed by atoms with Crippen molar-refractivity contribution in [3.05, 3.63) is 12.0 Å². The van der Waals surface area contributed by atoms with E-state index in [0.717, 1.165) is 0 Å². The van der Waals surface area contributed by atoms with Crippen molar-refractivity contribution in [3.63, 3.8) is 0 Å². The number of hydrogen-bond acceptors (Lipinski definition) is 4. The molecule has 0 aliphatic rings. The highest BCUT2D eigenvalue weighted by Crippen LogP contribution is 2.08. The molecule has 0 aromatic carbocycles. The van der Waals surface area contributed by atoms with Crippen LogP contribution in [0, 0.1) is 6.92 Å². The molecule has 1 heterocycles. The molecular weight excluding hydrogens is 252 g/mol. The van der Waals surface area contributed by atoms with Gasteiger partial charge in [-0.05, 0) is 13.8 Å². The SMILES string of the molecule is CCn1cc(S(=O)(=O)NCCNC(C)C)nc1C. The minimum absolute atomic E-state index is 0.0893. The summed E-state index contributed by atoms with van der Waals surface area (Å²) < 4.78 is 28.2. The zero-order valence-corrected chi connectivity index (χ0v) is 12.2. The Hall–Kier alpha value is -0.920. The van der Waals surface area contributed by atoms with Gasteiger partial charge in [0.15, 0.2) is 5.03 Å². The highest BCUT2D eigenvalue weighted by Gasteiger charge is 2.18. The third-order valence-electron chi connectivity index (χ3n) is 2.54. The predicted molar refractivity (Wildman–Crippen MR) is 71.0 cm³/mol. The number of hydrogen-bond donors (Lipinski definition) is 2. The maximum atomic E-state index is 11.9. The lowest BCUT2D eigenvalue weighted by Crippen LogP contribution is -2.34. The van der Waals surface area contributed by atoms with Crippen LogP contribution >= 0.6 is 0 Å². The normalized spacial score (nSPS) is 12.3. The molecule has 0 atom stereocenters. The van der Waals surface area contributed by atoms with E-state index in [-0.39, 0.29) is 5.03 Å². The Balaban J connectivity index is 2.62. The van der Waals surface area contributed by atoms with Crippen LogP contribution in [0.2, 0.25) is 0 Å². The summed E-state index contributed by atoms with van der Waals surface area (Å²) in [7, 11) is -3.49. The van der Waals surface area contributed by atoms with Gasteiger partial charge in [-0.1, -0.05) is 13.8 Å². The lowest BCUT2D eigenvalue weighted by molar-refractivity contribution is 0.557. The minimum atomic E-state index is -3.49. The highest BCUT2D eigenvalue weighted by atomic mass is 32.2. The molecule has 0 fully saturated rings. The fraction of sp³-hybridized carbons (Fsp3) is 0.727. The van der Waals surface area contributed by atoms with E-state index in [2.05, 4.69) is 15.0 Å².